The van der Waals surface area contributed by atoms with Gasteiger partial charge in [-0.05, 0) is 57.5 Å². The third kappa shape index (κ3) is 5.67. The fraction of sp³-hybridized carbons (Fsp3) is 0.450. The molecule has 2 heterocycles. The number of nitrogens with one attached hydrogen (secondary N) is 2. The SMILES string of the molecule is CC(C)(C)OC(=O)NC1CCCN(c2c(Cl)cccc2/C=C2\SC(=O)NC2=O)C1. The van der Waals surface area contributed by atoms with Gasteiger partial charge in [-0.2, -0.15) is 0 Å². The predicted octanol–water partition coefficient (Wildman–Crippen LogP) is 4.16. The fourth-order valence-corrected chi connectivity index (χ4v) is 4.29. The zero-order valence-corrected chi connectivity index (χ0v) is 18.2. The molecule has 9 heteroatoms. The lowest BCUT2D eigenvalue weighted by Crippen LogP contribution is -2.49. The van der Waals surface area contributed by atoms with Crippen molar-refractivity contribution >= 4 is 52.4 Å². The van der Waals surface area contributed by atoms with Gasteiger partial charge in [0, 0.05) is 24.7 Å². The van der Waals surface area contributed by atoms with E-state index in [1.54, 1.807) is 18.2 Å². The number of benzene rings is 1. The van der Waals surface area contributed by atoms with Crippen LogP contribution in [-0.2, 0) is 9.53 Å². The van der Waals surface area contributed by atoms with Gasteiger partial charge in [-0.15, -0.1) is 0 Å². The number of anilines is 1. The first-order chi connectivity index (χ1) is 13.6. The Morgan fingerprint density at radius 2 is 2.14 bits per heavy atom. The van der Waals surface area contributed by atoms with Crippen LogP contribution in [0.2, 0.25) is 5.02 Å². The van der Waals surface area contributed by atoms with Gasteiger partial charge in [0.2, 0.25) is 0 Å². The maximum atomic E-state index is 12.1. The fourth-order valence-electron chi connectivity index (χ4n) is 3.32. The van der Waals surface area contributed by atoms with Crippen LogP contribution in [0.5, 0.6) is 0 Å². The van der Waals surface area contributed by atoms with Crippen molar-refractivity contribution in [1.29, 1.82) is 0 Å². The first-order valence-electron chi connectivity index (χ1n) is 9.40. The minimum atomic E-state index is -0.558. The molecule has 2 N–H and O–H groups in total. The second-order valence-electron chi connectivity index (χ2n) is 7.96. The Labute approximate surface area is 179 Å². The minimum absolute atomic E-state index is 0.0823. The molecule has 2 saturated heterocycles. The number of carbonyl (C=O) groups excluding carboxylic acids is 3. The number of para-hydroxylation sites is 1. The summed E-state index contributed by atoms with van der Waals surface area (Å²) in [6.07, 6.45) is 2.94. The molecule has 2 fully saturated rings. The van der Waals surface area contributed by atoms with Crippen LogP contribution < -0.4 is 15.5 Å². The van der Waals surface area contributed by atoms with Gasteiger partial charge in [0.15, 0.2) is 0 Å². The summed E-state index contributed by atoms with van der Waals surface area (Å²) in [5.41, 5.74) is 0.977. The summed E-state index contributed by atoms with van der Waals surface area (Å²) >= 11 is 7.37. The maximum Gasteiger partial charge on any atom is 0.407 e. The Hall–Kier alpha value is -2.19. The lowest BCUT2D eigenvalue weighted by molar-refractivity contribution is -0.115. The number of halogens is 1. The third-order valence-electron chi connectivity index (χ3n) is 4.41. The molecule has 0 spiro atoms. The average molecular weight is 438 g/mol. The van der Waals surface area contributed by atoms with E-state index in [1.165, 1.54) is 0 Å². The molecule has 2 aliphatic heterocycles. The summed E-state index contributed by atoms with van der Waals surface area (Å²) in [6.45, 7) is 6.81. The lowest BCUT2D eigenvalue weighted by Gasteiger charge is -2.36. The van der Waals surface area contributed by atoms with Gasteiger partial charge in [-0.3, -0.25) is 14.9 Å². The third-order valence-corrected chi connectivity index (χ3v) is 5.52. The topological polar surface area (TPSA) is 87.7 Å². The molecule has 1 aromatic rings. The lowest BCUT2D eigenvalue weighted by atomic mass is 10.0. The number of carbonyl (C=O) groups is 3. The molecule has 0 radical (unpaired) electrons. The number of hydrogen-bond acceptors (Lipinski definition) is 6. The average Bonchev–Trinajstić information content (AvgIpc) is 2.90. The molecule has 3 amide bonds. The minimum Gasteiger partial charge on any atom is -0.444 e. The van der Waals surface area contributed by atoms with Crippen LogP contribution in [0.3, 0.4) is 0 Å². The van der Waals surface area contributed by atoms with Crippen molar-refractivity contribution in [1.82, 2.24) is 10.6 Å². The van der Waals surface area contributed by atoms with Crippen molar-refractivity contribution < 1.29 is 19.1 Å². The number of nitrogens with zero attached hydrogens (tertiary/aromatic N) is 1. The zero-order chi connectivity index (χ0) is 21.2. The summed E-state index contributed by atoms with van der Waals surface area (Å²) in [6, 6.07) is 5.37. The quantitative estimate of drug-likeness (QED) is 0.690. The Kier molecular flexibility index (Phi) is 6.43. The Morgan fingerprint density at radius 1 is 1.38 bits per heavy atom. The molecule has 1 atom stereocenters. The first kappa shape index (κ1) is 21.5. The number of rotatable bonds is 3. The van der Waals surface area contributed by atoms with Gasteiger partial charge >= 0.3 is 6.09 Å². The molecule has 0 aromatic heterocycles. The summed E-state index contributed by atoms with van der Waals surface area (Å²) in [5, 5.41) is 5.35. The van der Waals surface area contributed by atoms with Gasteiger partial charge < -0.3 is 15.0 Å². The van der Waals surface area contributed by atoms with Crippen molar-refractivity contribution in [3.8, 4) is 0 Å². The highest BCUT2D eigenvalue weighted by molar-refractivity contribution is 8.18. The van der Waals surface area contributed by atoms with Crippen molar-refractivity contribution in [2.75, 3.05) is 18.0 Å². The van der Waals surface area contributed by atoms with E-state index in [0.717, 1.165) is 42.4 Å². The second-order valence-corrected chi connectivity index (χ2v) is 9.38. The van der Waals surface area contributed by atoms with E-state index < -0.39 is 17.6 Å². The van der Waals surface area contributed by atoms with Crippen molar-refractivity contribution in [3.63, 3.8) is 0 Å². The molecule has 7 nitrogen and oxygen atoms in total. The van der Waals surface area contributed by atoms with Gasteiger partial charge in [-0.25, -0.2) is 4.79 Å². The van der Waals surface area contributed by atoms with Crippen molar-refractivity contribution in [2.24, 2.45) is 0 Å². The number of ether oxygens (including phenoxy) is 1. The number of hydrogen-bond donors (Lipinski definition) is 2. The Balaban J connectivity index is 1.79. The van der Waals surface area contributed by atoms with Crippen LogP contribution in [0.25, 0.3) is 6.08 Å². The van der Waals surface area contributed by atoms with E-state index in [4.69, 9.17) is 16.3 Å². The summed E-state index contributed by atoms with van der Waals surface area (Å²) in [5.74, 6) is -0.408. The molecular weight excluding hydrogens is 414 g/mol. The molecule has 29 heavy (non-hydrogen) atoms. The van der Waals surface area contributed by atoms with Crippen LogP contribution in [-0.4, -0.2) is 42.0 Å². The highest BCUT2D eigenvalue weighted by Crippen LogP contribution is 2.35. The van der Waals surface area contributed by atoms with E-state index in [2.05, 4.69) is 15.5 Å². The molecule has 0 bridgehead atoms. The highest BCUT2D eigenvalue weighted by atomic mass is 35.5. The van der Waals surface area contributed by atoms with Crippen molar-refractivity contribution in [3.05, 3.63) is 33.7 Å². The summed E-state index contributed by atoms with van der Waals surface area (Å²) in [7, 11) is 0. The second kappa shape index (κ2) is 8.67. The molecule has 2 aliphatic rings. The van der Waals surface area contributed by atoms with E-state index in [1.807, 2.05) is 26.8 Å². The zero-order valence-electron chi connectivity index (χ0n) is 16.6. The van der Waals surface area contributed by atoms with Crippen LogP contribution in [0, 0.1) is 0 Å². The summed E-state index contributed by atoms with van der Waals surface area (Å²) < 4.78 is 5.36. The normalized spacial score (nSPS) is 21.3. The van der Waals surface area contributed by atoms with Crippen LogP contribution >= 0.6 is 23.4 Å². The number of imide groups is 1. The number of amides is 3. The smallest absolute Gasteiger partial charge is 0.407 e. The van der Waals surface area contributed by atoms with E-state index >= 15 is 0 Å². The monoisotopic (exact) mass is 437 g/mol. The van der Waals surface area contributed by atoms with Gasteiger partial charge in [0.25, 0.3) is 11.1 Å². The van der Waals surface area contributed by atoms with Crippen LogP contribution in [0.4, 0.5) is 15.3 Å². The molecule has 3 rings (SSSR count). The Morgan fingerprint density at radius 3 is 2.79 bits per heavy atom. The Bertz CT molecular complexity index is 866. The van der Waals surface area contributed by atoms with E-state index in [-0.39, 0.29) is 11.3 Å². The standard InChI is InChI=1S/C20H24ClN3O4S/c1-20(2,3)28-18(26)22-13-7-5-9-24(11-13)16-12(6-4-8-14(16)21)10-15-17(25)23-19(27)29-15/h4,6,8,10,13H,5,7,9,11H2,1-3H3,(H,22,26)(H,23,25,27)/b15-10-. The largest absolute Gasteiger partial charge is 0.444 e. The summed E-state index contributed by atoms with van der Waals surface area (Å²) in [4.78, 5) is 37.9. The van der Waals surface area contributed by atoms with Gasteiger partial charge in [0.1, 0.15) is 5.60 Å². The van der Waals surface area contributed by atoms with E-state index in [0.29, 0.717) is 16.5 Å². The highest BCUT2D eigenvalue weighted by Gasteiger charge is 2.28. The van der Waals surface area contributed by atoms with Crippen molar-refractivity contribution in [2.45, 2.75) is 45.3 Å². The maximum absolute atomic E-state index is 12.1. The molecule has 0 saturated carbocycles. The molecule has 1 aromatic carbocycles. The molecule has 0 aliphatic carbocycles. The number of alkyl carbamates (subject to hydrolysis) is 1. The van der Waals surface area contributed by atoms with E-state index in [9.17, 15) is 14.4 Å². The molecular formula is C20H24ClN3O4S. The number of thioether (sulfide) groups is 1. The van der Waals surface area contributed by atoms with Crippen LogP contribution in [0.15, 0.2) is 23.1 Å². The van der Waals surface area contributed by atoms with Gasteiger partial charge in [-0.1, -0.05) is 23.7 Å². The molecule has 156 valence electrons. The van der Waals surface area contributed by atoms with Gasteiger partial charge in [0.05, 0.1) is 15.6 Å². The predicted molar refractivity (Wildman–Crippen MR) is 115 cm³/mol. The number of piperidine rings is 1. The first-order valence-corrected chi connectivity index (χ1v) is 10.6. The molecule has 1 unspecified atom stereocenters. The van der Waals surface area contributed by atoms with Crippen LogP contribution in [0.1, 0.15) is 39.2 Å².